The summed E-state index contributed by atoms with van der Waals surface area (Å²) in [7, 11) is 3.92. The number of allylic oxidation sites excluding steroid dienone is 2. The molecule has 12 nitrogen and oxygen atoms in total. The highest BCUT2D eigenvalue weighted by Crippen LogP contribution is 2.49. The summed E-state index contributed by atoms with van der Waals surface area (Å²) in [6.45, 7) is 12.6. The van der Waals surface area contributed by atoms with E-state index in [9.17, 15) is 29.1 Å². The molecule has 4 amide bonds. The number of aliphatic hydroxyl groups excluding tert-OH is 1. The molecule has 2 heterocycles. The predicted octanol–water partition coefficient (Wildman–Crippen LogP) is 1.71. The molecule has 2 aromatic carbocycles. The van der Waals surface area contributed by atoms with Crippen LogP contribution in [0.15, 0.2) is 30.0 Å². The van der Waals surface area contributed by atoms with Crippen LogP contribution < -0.4 is 42.2 Å². The third kappa shape index (κ3) is 5.52. The van der Waals surface area contributed by atoms with Gasteiger partial charge in [0.25, 0.3) is 0 Å². The minimum atomic E-state index is -0.612. The maximum Gasteiger partial charge on any atom is 0.224 e. The number of primary amides is 2. The number of fused-ring (bicyclic) bond motifs is 2. The van der Waals surface area contributed by atoms with E-state index in [1.165, 1.54) is 0 Å². The molecule has 2 atom stereocenters. The molecule has 5 rings (SSSR count). The zero-order valence-electron chi connectivity index (χ0n) is 28.8. The molecule has 254 valence electrons. The van der Waals surface area contributed by atoms with Crippen LogP contribution in [-0.2, 0) is 34.8 Å². The average Bonchev–Trinajstić information content (AvgIpc) is 3.28. The number of amides is 4. The fourth-order valence-electron chi connectivity index (χ4n) is 7.05. The molecule has 0 saturated carbocycles. The Labute approximate surface area is 279 Å². The van der Waals surface area contributed by atoms with Crippen molar-refractivity contribution >= 4 is 57.6 Å². The Morgan fingerprint density at radius 2 is 1.40 bits per heavy atom. The van der Waals surface area contributed by atoms with E-state index in [1.807, 2.05) is 26.2 Å². The van der Waals surface area contributed by atoms with E-state index >= 15 is 0 Å². The van der Waals surface area contributed by atoms with Gasteiger partial charge in [0.15, 0.2) is 6.04 Å². The van der Waals surface area contributed by atoms with Gasteiger partial charge in [0.1, 0.15) is 12.8 Å². The second-order valence-electron chi connectivity index (χ2n) is 14.3. The Morgan fingerprint density at radius 1 is 0.833 bits per heavy atom. The summed E-state index contributed by atoms with van der Waals surface area (Å²) in [6.07, 6.45) is -0.568. The van der Waals surface area contributed by atoms with Gasteiger partial charge in [-0.15, -0.1) is 0 Å². The lowest BCUT2D eigenvalue weighted by atomic mass is 9.76. The van der Waals surface area contributed by atoms with Gasteiger partial charge < -0.3 is 32.1 Å². The van der Waals surface area contributed by atoms with E-state index in [0.717, 1.165) is 22.2 Å². The molecule has 48 heavy (non-hydrogen) atoms. The Balaban J connectivity index is 1.72. The number of benzene rings is 2. The topological polar surface area (TPSA) is 188 Å². The van der Waals surface area contributed by atoms with Gasteiger partial charge in [0, 0.05) is 72.3 Å². The lowest BCUT2D eigenvalue weighted by Gasteiger charge is -2.28. The third-order valence-electron chi connectivity index (χ3n) is 10.9. The normalized spacial score (nSPS) is 21.5. The third-order valence-corrected chi connectivity index (χ3v) is 10.9. The van der Waals surface area contributed by atoms with Gasteiger partial charge in [0.05, 0.1) is 27.9 Å². The first kappa shape index (κ1) is 34.3. The smallest absolute Gasteiger partial charge is 0.224 e. The van der Waals surface area contributed by atoms with Gasteiger partial charge in [-0.05, 0) is 51.5 Å². The largest absolute Gasteiger partial charge is 0.506 e. The number of aliphatic hydroxyl groups is 1. The van der Waals surface area contributed by atoms with Crippen LogP contribution in [0.3, 0.4) is 0 Å². The SMILES string of the molecule is CC1N(C)c2cc(NC(=O)CCC(N)=O)c(C3=C(O)/C(=c4/cc5c(cc4NC(=O)CCC(N)=O)=[N+](C)C(C)C5(C)C)C3=O)cc2C1(C)C. The molecule has 2 aliphatic heterocycles. The number of nitrogens with one attached hydrogen (secondary N) is 2. The molecule has 2 unspecified atom stereocenters. The van der Waals surface area contributed by atoms with Crippen molar-refractivity contribution in [2.24, 2.45) is 11.5 Å². The van der Waals surface area contributed by atoms with E-state index in [4.69, 9.17) is 11.5 Å². The Bertz CT molecular complexity index is 1970. The summed E-state index contributed by atoms with van der Waals surface area (Å²) in [6, 6.07) is 7.47. The van der Waals surface area contributed by atoms with Crippen LogP contribution in [-0.4, -0.2) is 60.7 Å². The number of hydrogen-bond donors (Lipinski definition) is 5. The Hall–Kier alpha value is -5.00. The first-order valence-corrected chi connectivity index (χ1v) is 16.1. The number of Topliss-reactive ketones (excluding diaryl/α,β-unsaturated/α-hetero) is 1. The number of hydrogen-bond acceptors (Lipinski definition) is 7. The molecule has 7 N–H and O–H groups in total. The first-order chi connectivity index (χ1) is 22.3. The number of ketones is 1. The zero-order chi connectivity index (χ0) is 35.6. The van der Waals surface area contributed by atoms with Gasteiger partial charge in [-0.1, -0.05) is 13.8 Å². The van der Waals surface area contributed by atoms with E-state index in [2.05, 4.69) is 61.7 Å². The van der Waals surface area contributed by atoms with E-state index in [0.29, 0.717) is 22.2 Å². The van der Waals surface area contributed by atoms with Gasteiger partial charge in [-0.3, -0.25) is 24.0 Å². The standard InChI is InChI=1S/C36H44N6O6/c1-17-35(3,4)21-13-19(23(15-25(21)41(17)7)39-29(45)11-9-27(37)43)31-33(47)32(34(31)48)20-14-22-26(42(8)18(2)36(22,5)6)16-24(20)40-30(46)12-10-28(38)44/h13-18H,9-12H2,1-8H3,(H6,37,38,39,40,43,44,45,46,47,48)/p+1. The summed E-state index contributed by atoms with van der Waals surface area (Å²) >= 11 is 0. The number of likely N-dealkylation sites (N-methyl/N-ethyl adjacent to an activating group) is 2. The van der Waals surface area contributed by atoms with E-state index < -0.39 is 29.4 Å². The summed E-state index contributed by atoms with van der Waals surface area (Å²) in [5, 5.41) is 18.6. The fourth-order valence-corrected chi connectivity index (χ4v) is 7.05. The van der Waals surface area contributed by atoms with Crippen molar-refractivity contribution in [3.8, 4) is 0 Å². The molecule has 12 heteroatoms. The fraction of sp³-hybridized carbons (Fsp3) is 0.444. The highest BCUT2D eigenvalue weighted by Gasteiger charge is 2.46. The first-order valence-electron chi connectivity index (χ1n) is 16.1. The van der Waals surface area contributed by atoms with Crippen LogP contribution >= 0.6 is 0 Å². The molecule has 0 radical (unpaired) electrons. The highest BCUT2D eigenvalue weighted by atomic mass is 16.3. The number of carbonyl (C=O) groups is 5. The van der Waals surface area contributed by atoms with E-state index in [-0.39, 0.29) is 65.5 Å². The number of anilines is 3. The summed E-state index contributed by atoms with van der Waals surface area (Å²) in [4.78, 5) is 64.9. The molecule has 1 aliphatic carbocycles. The lowest BCUT2D eigenvalue weighted by molar-refractivity contribution is -0.122. The maximum atomic E-state index is 14.2. The highest BCUT2D eigenvalue weighted by molar-refractivity contribution is 6.52. The summed E-state index contributed by atoms with van der Waals surface area (Å²) in [5.41, 5.74) is 13.7. The number of nitrogens with two attached hydrogens (primary N) is 2. The number of nitrogens with zero attached hydrogens (tertiary/aromatic N) is 2. The molecular weight excluding hydrogens is 612 g/mol. The van der Waals surface area contributed by atoms with Gasteiger partial charge in [-0.2, -0.15) is 0 Å². The van der Waals surface area contributed by atoms with Crippen molar-refractivity contribution in [2.75, 3.05) is 29.6 Å². The molecule has 0 saturated heterocycles. The van der Waals surface area contributed by atoms with Crippen molar-refractivity contribution in [3.05, 3.63) is 57.3 Å². The molecular formula is C36H45N6O6+. The molecule has 0 fully saturated rings. The van der Waals surface area contributed by atoms with Crippen molar-refractivity contribution in [3.63, 3.8) is 0 Å². The summed E-state index contributed by atoms with van der Waals surface area (Å²) < 4.78 is 2.10. The maximum absolute atomic E-state index is 14.2. The van der Waals surface area contributed by atoms with Crippen molar-refractivity contribution in [2.45, 2.75) is 90.1 Å². The van der Waals surface area contributed by atoms with Crippen molar-refractivity contribution in [1.82, 2.24) is 4.58 Å². The summed E-state index contributed by atoms with van der Waals surface area (Å²) in [5.74, 6) is -2.87. The Morgan fingerprint density at radius 3 is 1.94 bits per heavy atom. The molecule has 0 spiro atoms. The van der Waals surface area contributed by atoms with Crippen LogP contribution in [0.25, 0.3) is 11.1 Å². The molecule has 0 aromatic heterocycles. The van der Waals surface area contributed by atoms with Gasteiger partial charge in [-0.25, -0.2) is 4.58 Å². The van der Waals surface area contributed by atoms with Crippen molar-refractivity contribution in [1.29, 1.82) is 0 Å². The average molecular weight is 658 g/mol. The molecule has 3 aliphatic rings. The van der Waals surface area contributed by atoms with Crippen LogP contribution in [0.4, 0.5) is 17.1 Å². The van der Waals surface area contributed by atoms with Crippen LogP contribution in [0.1, 0.15) is 83.9 Å². The Kier molecular flexibility index (Phi) is 8.52. The number of carbonyl (C=O) groups excluding carboxylic acids is 5. The van der Waals surface area contributed by atoms with Crippen LogP contribution in [0.2, 0.25) is 0 Å². The van der Waals surface area contributed by atoms with Crippen LogP contribution in [0, 0.1) is 0 Å². The van der Waals surface area contributed by atoms with Crippen LogP contribution in [0.5, 0.6) is 0 Å². The zero-order valence-corrected chi connectivity index (χ0v) is 28.8. The second kappa shape index (κ2) is 11.9. The minimum Gasteiger partial charge on any atom is -0.506 e. The number of rotatable bonds is 9. The minimum absolute atomic E-state index is 0.0345. The second-order valence-corrected chi connectivity index (χ2v) is 14.3. The molecule has 0 bridgehead atoms. The molecule has 2 aromatic rings. The monoisotopic (exact) mass is 657 g/mol. The van der Waals surface area contributed by atoms with Crippen molar-refractivity contribution < 1.29 is 29.1 Å². The quantitative estimate of drug-likeness (QED) is 0.254. The predicted molar refractivity (Wildman–Crippen MR) is 185 cm³/mol. The lowest BCUT2D eigenvalue weighted by Crippen LogP contribution is -2.36. The van der Waals surface area contributed by atoms with Gasteiger partial charge in [0.2, 0.25) is 34.8 Å². The van der Waals surface area contributed by atoms with E-state index in [1.54, 1.807) is 12.1 Å². The van der Waals surface area contributed by atoms with Gasteiger partial charge >= 0.3 is 0 Å².